The quantitative estimate of drug-likeness (QED) is 0.110. The number of carbonyl (C=O) groups excluding carboxylic acids is 3. The number of amides is 3. The lowest BCUT2D eigenvalue weighted by molar-refractivity contribution is -0.114. The number of furan rings is 1. The third kappa shape index (κ3) is 8.05. The number of rotatable bonds is 11. The molecule has 220 valence electrons. The second kappa shape index (κ2) is 14.6. The summed E-state index contributed by atoms with van der Waals surface area (Å²) in [6.07, 6.45) is 1.48. The fourth-order valence-electron chi connectivity index (χ4n) is 4.21. The highest BCUT2D eigenvalue weighted by Crippen LogP contribution is 2.31. The summed E-state index contributed by atoms with van der Waals surface area (Å²) in [7, 11) is 1.58. The molecule has 0 aliphatic heterocycles. The van der Waals surface area contributed by atoms with Crippen LogP contribution in [-0.4, -0.2) is 30.6 Å². The van der Waals surface area contributed by atoms with E-state index in [-0.39, 0.29) is 17.4 Å². The van der Waals surface area contributed by atoms with Crippen molar-refractivity contribution >= 4 is 46.9 Å². The van der Waals surface area contributed by atoms with Gasteiger partial charge in [0.1, 0.15) is 23.0 Å². The summed E-state index contributed by atoms with van der Waals surface area (Å²) in [6.45, 7) is 0. The molecule has 3 amide bonds. The van der Waals surface area contributed by atoms with E-state index in [1.807, 2.05) is 66.7 Å². The second-order valence-corrected chi connectivity index (χ2v) is 10.5. The van der Waals surface area contributed by atoms with Crippen molar-refractivity contribution in [2.24, 2.45) is 0 Å². The van der Waals surface area contributed by atoms with Crippen LogP contribution in [0.5, 0.6) is 5.75 Å². The van der Waals surface area contributed by atoms with Crippen molar-refractivity contribution in [1.29, 1.82) is 0 Å². The maximum atomic E-state index is 13.4. The van der Waals surface area contributed by atoms with Gasteiger partial charge in [0.15, 0.2) is 0 Å². The number of carbonyl (C=O) groups is 3. The van der Waals surface area contributed by atoms with Crippen LogP contribution in [0.25, 0.3) is 17.4 Å². The van der Waals surface area contributed by atoms with Crippen LogP contribution >= 0.6 is 11.8 Å². The van der Waals surface area contributed by atoms with Crippen LogP contribution in [0.2, 0.25) is 0 Å². The molecular formula is C35H29N3O5S. The number of methoxy groups -OCH3 is 1. The van der Waals surface area contributed by atoms with E-state index in [0.717, 1.165) is 16.1 Å². The fraction of sp³-hybridized carbons (Fsp3) is 0.0571. The lowest BCUT2D eigenvalue weighted by Crippen LogP contribution is -2.30. The highest BCUT2D eigenvalue weighted by atomic mass is 32.2. The van der Waals surface area contributed by atoms with Crippen molar-refractivity contribution in [3.8, 4) is 17.1 Å². The molecule has 9 heteroatoms. The molecule has 0 bridgehead atoms. The van der Waals surface area contributed by atoms with Crippen LogP contribution in [0.3, 0.4) is 0 Å². The summed E-state index contributed by atoms with van der Waals surface area (Å²) in [5, 5.41) is 8.40. The van der Waals surface area contributed by atoms with E-state index in [1.54, 1.807) is 61.7 Å². The average Bonchev–Trinajstić information content (AvgIpc) is 3.53. The van der Waals surface area contributed by atoms with Gasteiger partial charge >= 0.3 is 0 Å². The number of ether oxygens (including phenoxy) is 1. The summed E-state index contributed by atoms with van der Waals surface area (Å²) in [4.78, 5) is 39.5. The lowest BCUT2D eigenvalue weighted by Gasteiger charge is -2.11. The van der Waals surface area contributed by atoms with E-state index >= 15 is 0 Å². The zero-order valence-electron chi connectivity index (χ0n) is 23.8. The number of thioether (sulfide) groups is 1. The molecule has 0 radical (unpaired) electrons. The van der Waals surface area contributed by atoms with Crippen LogP contribution in [0, 0.1) is 0 Å². The number of hydrogen-bond donors (Lipinski definition) is 3. The third-order valence-electron chi connectivity index (χ3n) is 6.35. The Kier molecular flexibility index (Phi) is 9.91. The molecule has 5 aromatic rings. The minimum absolute atomic E-state index is 0.00388. The molecule has 0 atom stereocenters. The van der Waals surface area contributed by atoms with Gasteiger partial charge in [-0.15, -0.1) is 11.8 Å². The SMILES string of the molecule is COc1ccccc1-c1ccc(/C=C(\NC(=O)c2ccccc2)C(=O)Nc2ccc(SCC(=O)Nc3ccccc3)cc2)o1. The molecule has 1 aromatic heterocycles. The highest BCUT2D eigenvalue weighted by Gasteiger charge is 2.17. The minimum atomic E-state index is -0.535. The number of anilines is 2. The molecule has 4 aromatic carbocycles. The van der Waals surface area contributed by atoms with Crippen LogP contribution in [0.15, 0.2) is 136 Å². The largest absolute Gasteiger partial charge is 0.496 e. The van der Waals surface area contributed by atoms with E-state index in [9.17, 15) is 14.4 Å². The van der Waals surface area contributed by atoms with E-state index in [0.29, 0.717) is 28.5 Å². The van der Waals surface area contributed by atoms with Crippen molar-refractivity contribution in [2.75, 3.05) is 23.5 Å². The fourth-order valence-corrected chi connectivity index (χ4v) is 4.91. The highest BCUT2D eigenvalue weighted by molar-refractivity contribution is 8.00. The Hall–Kier alpha value is -5.54. The van der Waals surface area contributed by atoms with Gasteiger partial charge in [0.05, 0.1) is 18.4 Å². The van der Waals surface area contributed by atoms with Crippen molar-refractivity contribution in [2.45, 2.75) is 4.90 Å². The normalized spacial score (nSPS) is 11.0. The summed E-state index contributed by atoms with van der Waals surface area (Å²) in [5.74, 6) is 0.703. The maximum Gasteiger partial charge on any atom is 0.272 e. The van der Waals surface area contributed by atoms with E-state index in [2.05, 4.69) is 16.0 Å². The summed E-state index contributed by atoms with van der Waals surface area (Å²) < 4.78 is 11.4. The predicted molar refractivity (Wildman–Crippen MR) is 173 cm³/mol. The number of benzene rings is 4. The number of hydrogen-bond acceptors (Lipinski definition) is 6. The molecule has 5 rings (SSSR count). The van der Waals surface area contributed by atoms with Crippen molar-refractivity contribution in [3.63, 3.8) is 0 Å². The number of nitrogens with one attached hydrogen (secondary N) is 3. The Morgan fingerprint density at radius 2 is 1.41 bits per heavy atom. The zero-order valence-corrected chi connectivity index (χ0v) is 24.6. The Morgan fingerprint density at radius 3 is 2.14 bits per heavy atom. The molecule has 1 heterocycles. The average molecular weight is 604 g/mol. The van der Waals surface area contributed by atoms with Gasteiger partial charge in [0, 0.05) is 27.9 Å². The Morgan fingerprint density at radius 1 is 0.750 bits per heavy atom. The van der Waals surface area contributed by atoms with Crippen LogP contribution < -0.4 is 20.7 Å². The van der Waals surface area contributed by atoms with Crippen molar-refractivity contribution in [1.82, 2.24) is 5.32 Å². The van der Waals surface area contributed by atoms with Crippen LogP contribution in [-0.2, 0) is 9.59 Å². The molecule has 0 fully saturated rings. The lowest BCUT2D eigenvalue weighted by atomic mass is 10.1. The van der Waals surface area contributed by atoms with Gasteiger partial charge in [0.2, 0.25) is 5.91 Å². The number of para-hydroxylation sites is 2. The van der Waals surface area contributed by atoms with Crippen LogP contribution in [0.1, 0.15) is 16.1 Å². The van der Waals surface area contributed by atoms with Crippen molar-refractivity contribution in [3.05, 3.63) is 138 Å². The van der Waals surface area contributed by atoms with Crippen LogP contribution in [0.4, 0.5) is 11.4 Å². The first-order chi connectivity index (χ1) is 21.5. The Labute approximate surface area is 259 Å². The van der Waals surface area contributed by atoms with Gasteiger partial charge in [-0.25, -0.2) is 0 Å². The van der Waals surface area contributed by atoms with Gasteiger partial charge in [0.25, 0.3) is 11.8 Å². The first-order valence-electron chi connectivity index (χ1n) is 13.7. The van der Waals surface area contributed by atoms with Crippen molar-refractivity contribution < 1.29 is 23.5 Å². The standard InChI is InChI=1S/C35H29N3O5S/c1-42-31-15-9-8-14-29(31)32-21-18-27(43-32)22-30(38-34(40)24-10-4-2-5-11-24)35(41)37-26-16-19-28(20-17-26)44-23-33(39)36-25-12-6-3-7-13-25/h2-22H,23H2,1H3,(H,36,39)(H,37,41)(H,38,40)/b30-22-. The second-order valence-electron chi connectivity index (χ2n) is 9.46. The maximum absolute atomic E-state index is 13.4. The molecular weight excluding hydrogens is 574 g/mol. The van der Waals surface area contributed by atoms with E-state index < -0.39 is 11.8 Å². The molecule has 0 spiro atoms. The Balaban J connectivity index is 1.29. The molecule has 0 aliphatic rings. The molecule has 0 aliphatic carbocycles. The topological polar surface area (TPSA) is 110 Å². The third-order valence-corrected chi connectivity index (χ3v) is 7.37. The predicted octanol–water partition coefficient (Wildman–Crippen LogP) is 7.10. The Bertz CT molecular complexity index is 1770. The summed E-state index contributed by atoms with van der Waals surface area (Å²) >= 11 is 1.38. The van der Waals surface area contributed by atoms with Gasteiger partial charge in [-0.1, -0.05) is 48.5 Å². The molecule has 8 nitrogen and oxygen atoms in total. The minimum Gasteiger partial charge on any atom is -0.496 e. The zero-order chi connectivity index (χ0) is 30.7. The van der Waals surface area contributed by atoms with E-state index in [4.69, 9.17) is 9.15 Å². The summed E-state index contributed by atoms with van der Waals surface area (Å²) in [6, 6.07) is 35.9. The van der Waals surface area contributed by atoms with Gasteiger partial charge in [-0.2, -0.15) is 0 Å². The van der Waals surface area contributed by atoms with Gasteiger partial charge in [-0.3, -0.25) is 14.4 Å². The smallest absolute Gasteiger partial charge is 0.272 e. The summed E-state index contributed by atoms with van der Waals surface area (Å²) in [5.41, 5.74) is 2.41. The first kappa shape index (κ1) is 29.9. The van der Waals surface area contributed by atoms with Gasteiger partial charge in [-0.05, 0) is 72.8 Å². The molecule has 0 saturated carbocycles. The monoisotopic (exact) mass is 603 g/mol. The van der Waals surface area contributed by atoms with E-state index in [1.165, 1.54) is 17.8 Å². The molecule has 44 heavy (non-hydrogen) atoms. The molecule has 0 unspecified atom stereocenters. The molecule has 0 saturated heterocycles. The van der Waals surface area contributed by atoms with Gasteiger partial charge < -0.3 is 25.1 Å². The first-order valence-corrected chi connectivity index (χ1v) is 14.7. The molecule has 3 N–H and O–H groups in total.